The molecule has 0 amide bonds. The van der Waals surface area contributed by atoms with Crippen LogP contribution in [0.25, 0.3) is 0 Å². The summed E-state index contributed by atoms with van der Waals surface area (Å²) in [5.41, 5.74) is 4.62. The second kappa shape index (κ2) is 5.96. The third-order valence-electron chi connectivity index (χ3n) is 4.75. The van der Waals surface area contributed by atoms with Crippen molar-refractivity contribution in [3.63, 3.8) is 0 Å². The van der Waals surface area contributed by atoms with Crippen LogP contribution in [-0.2, 0) is 0 Å². The summed E-state index contributed by atoms with van der Waals surface area (Å²) in [5, 5.41) is 3.49. The van der Waals surface area contributed by atoms with Crippen LogP contribution in [-0.4, -0.2) is 26.7 Å². The molecule has 0 atom stereocenters. The molecule has 1 aromatic carbocycles. The van der Waals surface area contributed by atoms with Crippen LogP contribution in [0.2, 0.25) is 0 Å². The first-order valence-electron chi connectivity index (χ1n) is 7.55. The number of hydrogen-bond acceptors (Lipinski definition) is 2. The summed E-state index contributed by atoms with van der Waals surface area (Å²) in [6, 6.07) is 6.78. The molecule has 2 nitrogen and oxygen atoms in total. The minimum absolute atomic E-state index is 0.497. The fraction of sp³-hybridized carbons (Fsp3) is 0.647. The lowest BCUT2D eigenvalue weighted by atomic mass is 9.76. The first-order chi connectivity index (χ1) is 9.06. The lowest BCUT2D eigenvalue weighted by Crippen LogP contribution is -2.43. The largest absolute Gasteiger partial charge is 0.374 e. The maximum absolute atomic E-state index is 3.49. The molecule has 1 saturated heterocycles. The molecule has 0 aromatic heterocycles. The van der Waals surface area contributed by atoms with E-state index in [0.29, 0.717) is 5.41 Å². The topological polar surface area (TPSA) is 15.3 Å². The van der Waals surface area contributed by atoms with Gasteiger partial charge in [0.25, 0.3) is 0 Å². The van der Waals surface area contributed by atoms with E-state index < -0.39 is 0 Å². The van der Waals surface area contributed by atoms with Crippen LogP contribution in [0.3, 0.4) is 0 Å². The molecule has 1 aliphatic rings. The minimum atomic E-state index is 0.497. The van der Waals surface area contributed by atoms with E-state index in [1.54, 1.807) is 0 Å². The molecule has 0 spiro atoms. The highest BCUT2D eigenvalue weighted by Gasteiger charge is 2.31. The number of anilines is 1. The molecular weight excluding hydrogens is 232 g/mol. The van der Waals surface area contributed by atoms with Gasteiger partial charge in [0.2, 0.25) is 0 Å². The zero-order valence-electron chi connectivity index (χ0n) is 12.9. The summed E-state index contributed by atoms with van der Waals surface area (Å²) in [7, 11) is 2.25. The van der Waals surface area contributed by atoms with Crippen LogP contribution in [0.5, 0.6) is 0 Å². The summed E-state index contributed by atoms with van der Waals surface area (Å²) in [4.78, 5) is 2.46. The van der Waals surface area contributed by atoms with Crippen molar-refractivity contribution in [3.8, 4) is 0 Å². The first kappa shape index (κ1) is 14.4. The Bertz CT molecular complexity index is 419. The van der Waals surface area contributed by atoms with Gasteiger partial charge in [-0.15, -0.1) is 0 Å². The molecule has 0 unspecified atom stereocenters. The van der Waals surface area contributed by atoms with Crippen molar-refractivity contribution in [1.82, 2.24) is 5.32 Å². The normalized spacial score (nSPS) is 18.3. The summed E-state index contributed by atoms with van der Waals surface area (Å²) < 4.78 is 0. The maximum atomic E-state index is 3.49. The minimum Gasteiger partial charge on any atom is -0.374 e. The highest BCUT2D eigenvalue weighted by molar-refractivity contribution is 5.54. The van der Waals surface area contributed by atoms with Gasteiger partial charge in [0.05, 0.1) is 0 Å². The predicted molar refractivity (Wildman–Crippen MR) is 84.0 cm³/mol. The van der Waals surface area contributed by atoms with Crippen molar-refractivity contribution in [1.29, 1.82) is 0 Å². The molecule has 0 radical (unpaired) electrons. The molecule has 2 heteroatoms. The number of aryl methyl sites for hydroxylation is 2. The van der Waals surface area contributed by atoms with Gasteiger partial charge in [0.1, 0.15) is 0 Å². The van der Waals surface area contributed by atoms with E-state index >= 15 is 0 Å². The van der Waals surface area contributed by atoms with Gasteiger partial charge in [-0.1, -0.05) is 24.6 Å². The average molecular weight is 260 g/mol. The van der Waals surface area contributed by atoms with Crippen LogP contribution in [0, 0.1) is 19.3 Å². The van der Waals surface area contributed by atoms with Gasteiger partial charge in [-0.3, -0.25) is 0 Å². The van der Waals surface area contributed by atoms with E-state index in [2.05, 4.69) is 56.2 Å². The molecule has 0 aliphatic carbocycles. The van der Waals surface area contributed by atoms with Crippen LogP contribution < -0.4 is 10.2 Å². The fourth-order valence-corrected chi connectivity index (χ4v) is 3.40. The zero-order valence-corrected chi connectivity index (χ0v) is 12.9. The molecule has 0 saturated carbocycles. The fourth-order valence-electron chi connectivity index (χ4n) is 3.40. The number of benzene rings is 1. The number of piperidine rings is 1. The van der Waals surface area contributed by atoms with Crippen molar-refractivity contribution < 1.29 is 0 Å². The Kier molecular flexibility index (Phi) is 4.51. The van der Waals surface area contributed by atoms with Gasteiger partial charge in [-0.25, -0.2) is 0 Å². The Hall–Kier alpha value is -1.02. The van der Waals surface area contributed by atoms with Crippen LogP contribution in [0.15, 0.2) is 18.2 Å². The second-order valence-electron chi connectivity index (χ2n) is 6.25. The third-order valence-corrected chi connectivity index (χ3v) is 4.75. The Balaban J connectivity index is 2.12. The molecule has 0 bridgehead atoms. The average Bonchev–Trinajstić information content (AvgIpc) is 2.39. The standard InChI is InChI=1S/C17H28N2/c1-5-17(8-10-18-11-9-17)13-19(4)16-7-6-14(2)12-15(16)3/h6-7,12,18H,5,8-11,13H2,1-4H3. The summed E-state index contributed by atoms with van der Waals surface area (Å²) in [6.45, 7) is 10.3. The molecule has 2 rings (SSSR count). The van der Waals surface area contributed by atoms with Crippen LogP contribution in [0.1, 0.15) is 37.3 Å². The number of nitrogens with one attached hydrogen (secondary N) is 1. The Morgan fingerprint density at radius 3 is 2.47 bits per heavy atom. The molecular formula is C17H28N2. The predicted octanol–water partition coefficient (Wildman–Crippen LogP) is 3.52. The molecule has 19 heavy (non-hydrogen) atoms. The van der Waals surface area contributed by atoms with Crippen LogP contribution in [0.4, 0.5) is 5.69 Å². The van der Waals surface area contributed by atoms with Gasteiger partial charge in [-0.2, -0.15) is 0 Å². The van der Waals surface area contributed by atoms with Crippen molar-refractivity contribution in [2.75, 3.05) is 31.6 Å². The van der Waals surface area contributed by atoms with E-state index in [9.17, 15) is 0 Å². The van der Waals surface area contributed by atoms with Gasteiger partial charge in [0.15, 0.2) is 0 Å². The van der Waals surface area contributed by atoms with Crippen molar-refractivity contribution in [2.24, 2.45) is 5.41 Å². The molecule has 106 valence electrons. The highest BCUT2D eigenvalue weighted by Crippen LogP contribution is 2.35. The summed E-state index contributed by atoms with van der Waals surface area (Å²) >= 11 is 0. The van der Waals surface area contributed by atoms with Crippen LogP contribution >= 0.6 is 0 Å². The quantitative estimate of drug-likeness (QED) is 0.891. The van der Waals surface area contributed by atoms with Crippen molar-refractivity contribution in [3.05, 3.63) is 29.3 Å². The first-order valence-corrected chi connectivity index (χ1v) is 7.55. The molecule has 1 aromatic rings. The number of rotatable bonds is 4. The van der Waals surface area contributed by atoms with E-state index in [4.69, 9.17) is 0 Å². The second-order valence-corrected chi connectivity index (χ2v) is 6.25. The van der Waals surface area contributed by atoms with Gasteiger partial charge < -0.3 is 10.2 Å². The van der Waals surface area contributed by atoms with E-state index in [1.807, 2.05) is 0 Å². The molecule has 1 heterocycles. The lowest BCUT2D eigenvalue weighted by molar-refractivity contribution is 0.200. The Morgan fingerprint density at radius 1 is 1.21 bits per heavy atom. The Morgan fingerprint density at radius 2 is 1.89 bits per heavy atom. The maximum Gasteiger partial charge on any atom is 0.0393 e. The molecule has 1 aliphatic heterocycles. The monoisotopic (exact) mass is 260 g/mol. The SMILES string of the molecule is CCC1(CN(C)c2ccc(C)cc2C)CCNCC1. The highest BCUT2D eigenvalue weighted by atomic mass is 15.1. The van der Waals surface area contributed by atoms with E-state index in [-0.39, 0.29) is 0 Å². The third kappa shape index (κ3) is 3.30. The van der Waals surface area contributed by atoms with Gasteiger partial charge in [-0.05, 0) is 63.2 Å². The summed E-state index contributed by atoms with van der Waals surface area (Å²) in [6.07, 6.45) is 3.89. The summed E-state index contributed by atoms with van der Waals surface area (Å²) in [5.74, 6) is 0. The Labute approximate surface area is 118 Å². The van der Waals surface area contributed by atoms with E-state index in [0.717, 1.165) is 0 Å². The van der Waals surface area contributed by atoms with E-state index in [1.165, 1.54) is 55.7 Å². The number of hydrogen-bond donors (Lipinski definition) is 1. The smallest absolute Gasteiger partial charge is 0.0393 e. The van der Waals surface area contributed by atoms with Gasteiger partial charge in [0, 0.05) is 19.3 Å². The lowest BCUT2D eigenvalue weighted by Gasteiger charge is -2.40. The zero-order chi connectivity index (χ0) is 13.9. The van der Waals surface area contributed by atoms with Crippen molar-refractivity contribution in [2.45, 2.75) is 40.0 Å². The van der Waals surface area contributed by atoms with Crippen molar-refractivity contribution >= 4 is 5.69 Å². The van der Waals surface area contributed by atoms with Gasteiger partial charge >= 0.3 is 0 Å². The molecule has 1 N–H and O–H groups in total. The number of nitrogens with zero attached hydrogens (tertiary/aromatic N) is 1. The molecule has 1 fully saturated rings.